The molecule has 27 heavy (non-hydrogen) atoms. The van der Waals surface area contributed by atoms with E-state index in [0.29, 0.717) is 26.2 Å². The second-order valence-corrected chi connectivity index (χ2v) is 6.96. The number of alkyl halides is 3. The second kappa shape index (κ2) is 7.51. The zero-order valence-corrected chi connectivity index (χ0v) is 15.8. The lowest BCUT2D eigenvalue weighted by atomic mass is 10.2. The number of rotatable bonds is 4. The summed E-state index contributed by atoms with van der Waals surface area (Å²) in [7, 11) is 1.85. The highest BCUT2D eigenvalue weighted by atomic mass is 35.5. The molecule has 1 saturated heterocycles. The molecule has 1 fully saturated rings. The van der Waals surface area contributed by atoms with Gasteiger partial charge in [0, 0.05) is 51.5 Å². The lowest BCUT2D eigenvalue weighted by molar-refractivity contribution is -0.142. The van der Waals surface area contributed by atoms with Gasteiger partial charge >= 0.3 is 6.18 Å². The first-order chi connectivity index (χ1) is 12.6. The van der Waals surface area contributed by atoms with Crippen LogP contribution in [-0.4, -0.2) is 61.4 Å². The van der Waals surface area contributed by atoms with E-state index in [1.165, 1.54) is 6.92 Å². The van der Waals surface area contributed by atoms with Crippen LogP contribution in [-0.2, 0) is 31.1 Å². The van der Waals surface area contributed by atoms with Gasteiger partial charge in [0.05, 0.1) is 16.9 Å². The minimum absolute atomic E-state index is 0.132. The van der Waals surface area contributed by atoms with Gasteiger partial charge in [0.2, 0.25) is 5.91 Å². The predicted octanol–water partition coefficient (Wildman–Crippen LogP) is 1.94. The Labute approximate surface area is 159 Å². The quantitative estimate of drug-likeness (QED) is 0.781. The number of hydrogen-bond acceptors (Lipinski definition) is 4. The lowest BCUT2D eigenvalue weighted by Gasteiger charge is -2.34. The smallest absolute Gasteiger partial charge is 0.339 e. The molecule has 0 unspecified atom stereocenters. The molecule has 0 aliphatic carbocycles. The van der Waals surface area contributed by atoms with Gasteiger partial charge in [-0.05, 0) is 6.92 Å². The Balaban J connectivity index is 1.57. The largest absolute Gasteiger partial charge is 0.436 e. The molecule has 0 bridgehead atoms. The maximum Gasteiger partial charge on any atom is 0.436 e. The minimum Gasteiger partial charge on any atom is -0.339 e. The maximum atomic E-state index is 12.9. The zero-order valence-electron chi connectivity index (χ0n) is 15.0. The number of carbonyl (C=O) groups is 1. The van der Waals surface area contributed by atoms with Crippen molar-refractivity contribution in [2.24, 2.45) is 7.05 Å². The third-order valence-electron chi connectivity index (χ3n) is 4.58. The van der Waals surface area contributed by atoms with E-state index in [4.69, 9.17) is 11.6 Å². The maximum absolute atomic E-state index is 12.9. The fourth-order valence-electron chi connectivity index (χ4n) is 3.05. The number of carbonyl (C=O) groups excluding carboxylic acids is 1. The molecule has 0 radical (unpaired) electrons. The van der Waals surface area contributed by atoms with Gasteiger partial charge in [-0.2, -0.15) is 23.4 Å². The van der Waals surface area contributed by atoms with Crippen LogP contribution in [0.15, 0.2) is 12.4 Å². The molecule has 2 aromatic rings. The van der Waals surface area contributed by atoms with Gasteiger partial charge in [-0.3, -0.25) is 19.1 Å². The third kappa shape index (κ3) is 4.44. The number of amides is 1. The van der Waals surface area contributed by atoms with E-state index in [-0.39, 0.29) is 18.1 Å². The highest BCUT2D eigenvalue weighted by Crippen LogP contribution is 2.35. The molecule has 0 spiro atoms. The fraction of sp³-hybridized carbons (Fsp3) is 0.562. The SMILES string of the molecule is Cc1c(Cl)c(C(F)(F)F)nn1CC(=O)N1CCN(Cc2cnn(C)c2)CC1. The highest BCUT2D eigenvalue weighted by Gasteiger charge is 2.38. The Morgan fingerprint density at radius 2 is 1.93 bits per heavy atom. The first-order valence-electron chi connectivity index (χ1n) is 8.43. The van der Waals surface area contributed by atoms with E-state index in [2.05, 4.69) is 15.1 Å². The van der Waals surface area contributed by atoms with Gasteiger partial charge in [-0.15, -0.1) is 0 Å². The molecular formula is C16H20ClF3N6O. The van der Waals surface area contributed by atoms with Crippen LogP contribution < -0.4 is 0 Å². The van der Waals surface area contributed by atoms with Crippen molar-refractivity contribution in [2.75, 3.05) is 26.2 Å². The lowest BCUT2D eigenvalue weighted by Crippen LogP contribution is -2.49. The molecule has 0 N–H and O–H groups in total. The van der Waals surface area contributed by atoms with Crippen LogP contribution in [0.1, 0.15) is 17.0 Å². The molecule has 11 heteroatoms. The van der Waals surface area contributed by atoms with E-state index in [9.17, 15) is 18.0 Å². The van der Waals surface area contributed by atoms with Crippen molar-refractivity contribution in [1.29, 1.82) is 0 Å². The number of nitrogens with zero attached hydrogens (tertiary/aromatic N) is 6. The van der Waals surface area contributed by atoms with E-state index in [0.717, 1.165) is 16.8 Å². The van der Waals surface area contributed by atoms with Crippen molar-refractivity contribution in [1.82, 2.24) is 29.4 Å². The van der Waals surface area contributed by atoms with Crippen LogP contribution in [0.5, 0.6) is 0 Å². The van der Waals surface area contributed by atoms with E-state index in [1.54, 1.807) is 15.8 Å². The fourth-order valence-corrected chi connectivity index (χ4v) is 3.30. The molecule has 2 aromatic heterocycles. The average Bonchev–Trinajstić information content (AvgIpc) is 3.13. The number of aromatic nitrogens is 4. The average molecular weight is 405 g/mol. The summed E-state index contributed by atoms with van der Waals surface area (Å²) < 4.78 is 41.4. The summed E-state index contributed by atoms with van der Waals surface area (Å²) in [5.74, 6) is -0.271. The minimum atomic E-state index is -4.64. The standard InChI is InChI=1S/C16H20ClF3N6O/c1-11-14(17)15(16(18,19)20)22-26(11)10-13(27)25-5-3-24(4-6-25)9-12-7-21-23(2)8-12/h7-8H,3-6,9-10H2,1-2H3. The summed E-state index contributed by atoms with van der Waals surface area (Å²) >= 11 is 5.72. The van der Waals surface area contributed by atoms with Crippen LogP contribution in [0.4, 0.5) is 13.2 Å². The summed E-state index contributed by atoms with van der Waals surface area (Å²) in [5.41, 5.74) is 0.0714. The van der Waals surface area contributed by atoms with Crippen molar-refractivity contribution in [3.05, 3.63) is 34.4 Å². The van der Waals surface area contributed by atoms with Crippen LogP contribution in [0.2, 0.25) is 5.02 Å². The van der Waals surface area contributed by atoms with Gasteiger partial charge in [-0.1, -0.05) is 11.6 Å². The van der Waals surface area contributed by atoms with Crippen LogP contribution >= 0.6 is 11.6 Å². The van der Waals surface area contributed by atoms with Gasteiger partial charge in [-0.25, -0.2) is 0 Å². The van der Waals surface area contributed by atoms with E-state index >= 15 is 0 Å². The molecule has 3 rings (SSSR count). The second-order valence-electron chi connectivity index (χ2n) is 6.58. The molecule has 1 amide bonds. The molecule has 148 valence electrons. The van der Waals surface area contributed by atoms with Gasteiger partial charge < -0.3 is 4.90 Å². The Kier molecular flexibility index (Phi) is 5.48. The van der Waals surface area contributed by atoms with E-state index < -0.39 is 16.9 Å². The normalized spacial score (nSPS) is 16.1. The summed E-state index contributed by atoms with van der Waals surface area (Å²) in [6.45, 7) is 4.31. The van der Waals surface area contributed by atoms with Crippen LogP contribution in [0.25, 0.3) is 0 Å². The van der Waals surface area contributed by atoms with Gasteiger partial charge in [0.1, 0.15) is 6.54 Å². The van der Waals surface area contributed by atoms with Crippen LogP contribution in [0.3, 0.4) is 0 Å². The Morgan fingerprint density at radius 3 is 2.44 bits per heavy atom. The first kappa shape index (κ1) is 19.7. The zero-order chi connectivity index (χ0) is 19.8. The molecular weight excluding hydrogens is 385 g/mol. The van der Waals surface area contributed by atoms with Crippen molar-refractivity contribution in [3.63, 3.8) is 0 Å². The van der Waals surface area contributed by atoms with Crippen molar-refractivity contribution < 1.29 is 18.0 Å². The van der Waals surface area contributed by atoms with Gasteiger partial charge in [0.25, 0.3) is 0 Å². The number of piperazine rings is 1. The Bertz CT molecular complexity index is 823. The Morgan fingerprint density at radius 1 is 1.26 bits per heavy atom. The van der Waals surface area contributed by atoms with E-state index in [1.807, 2.05) is 13.2 Å². The van der Waals surface area contributed by atoms with Gasteiger partial charge in [0.15, 0.2) is 5.69 Å². The summed E-state index contributed by atoms with van der Waals surface area (Å²) in [6, 6.07) is 0. The summed E-state index contributed by atoms with van der Waals surface area (Å²) in [6.07, 6.45) is -0.895. The number of aryl methyl sites for hydroxylation is 1. The van der Waals surface area contributed by atoms with Crippen molar-refractivity contribution in [3.8, 4) is 0 Å². The molecule has 3 heterocycles. The number of hydrogen-bond donors (Lipinski definition) is 0. The molecule has 0 aromatic carbocycles. The first-order valence-corrected chi connectivity index (χ1v) is 8.80. The highest BCUT2D eigenvalue weighted by molar-refractivity contribution is 6.32. The predicted molar refractivity (Wildman–Crippen MR) is 92.0 cm³/mol. The monoisotopic (exact) mass is 404 g/mol. The topological polar surface area (TPSA) is 59.2 Å². The summed E-state index contributed by atoms with van der Waals surface area (Å²) in [5, 5.41) is 7.15. The molecule has 0 saturated carbocycles. The van der Waals surface area contributed by atoms with Crippen LogP contribution in [0, 0.1) is 6.92 Å². The summed E-state index contributed by atoms with van der Waals surface area (Å²) in [4.78, 5) is 16.3. The molecule has 1 aliphatic rings. The third-order valence-corrected chi connectivity index (χ3v) is 5.03. The van der Waals surface area contributed by atoms with Crippen molar-refractivity contribution >= 4 is 17.5 Å². The van der Waals surface area contributed by atoms with Crippen molar-refractivity contribution in [2.45, 2.75) is 26.2 Å². The molecule has 1 aliphatic heterocycles. The molecule has 0 atom stereocenters. The molecule has 7 nitrogen and oxygen atoms in total. The Hall–Kier alpha value is -2.07. The number of halogens is 4.